The molecule has 0 heterocycles. The Bertz CT molecular complexity index is 165. The smallest absolute Gasteiger partial charge is 0.229 e. The zero-order chi connectivity index (χ0) is 7.49. The molecule has 0 aromatic carbocycles. The van der Waals surface area contributed by atoms with Gasteiger partial charge in [0.15, 0.2) is 0 Å². The lowest BCUT2D eigenvalue weighted by Crippen LogP contribution is -2.27. The molecular weight excluding hydrogens is 145 g/mol. The van der Waals surface area contributed by atoms with Crippen molar-refractivity contribution in [3.8, 4) is 0 Å². The number of sulfonamides is 1. The van der Waals surface area contributed by atoms with E-state index in [2.05, 4.69) is 0 Å². The number of halogens is 1. The van der Waals surface area contributed by atoms with Gasteiger partial charge in [-0.1, -0.05) is 6.92 Å². The highest BCUT2D eigenvalue weighted by Crippen LogP contribution is 2.03. The molecule has 0 aliphatic carbocycles. The van der Waals surface area contributed by atoms with Crippen molar-refractivity contribution in [1.29, 1.82) is 0 Å². The normalized spacial score (nSPS) is 15.4. The van der Waals surface area contributed by atoms with Gasteiger partial charge >= 0.3 is 0 Å². The minimum absolute atomic E-state index is 0.0107. The molecule has 0 bridgehead atoms. The topological polar surface area (TPSA) is 46.2 Å². The second-order valence-corrected chi connectivity index (χ2v) is 3.58. The van der Waals surface area contributed by atoms with Crippen LogP contribution in [0.4, 0.5) is 4.39 Å². The molecule has 0 aromatic heterocycles. The first-order valence-electron chi connectivity index (χ1n) is 2.61. The average molecular weight is 155 g/mol. The van der Waals surface area contributed by atoms with Crippen LogP contribution in [0.2, 0.25) is 0 Å². The molecule has 0 spiro atoms. The number of alkyl halides is 1. The first-order chi connectivity index (χ1) is 4.04. The third-order valence-corrected chi connectivity index (χ3v) is 2.52. The van der Waals surface area contributed by atoms with E-state index in [9.17, 15) is 12.8 Å². The van der Waals surface area contributed by atoms with Crippen LogP contribution in [0.1, 0.15) is 13.3 Å². The largest absolute Gasteiger partial charge is 0.243 e. The second-order valence-electron chi connectivity index (χ2n) is 1.57. The molecule has 0 saturated heterocycles. The summed E-state index contributed by atoms with van der Waals surface area (Å²) in [5.74, 6) is 0. The lowest BCUT2D eigenvalue weighted by Gasteiger charge is -2.03. The van der Waals surface area contributed by atoms with Crippen LogP contribution in [0.5, 0.6) is 0 Å². The van der Waals surface area contributed by atoms with Crippen LogP contribution in [-0.2, 0) is 10.0 Å². The molecule has 0 fully saturated rings. The van der Waals surface area contributed by atoms with Gasteiger partial charge in [0, 0.05) is 0 Å². The Hall–Kier alpha value is -0.160. The van der Waals surface area contributed by atoms with Crippen LogP contribution in [0.25, 0.3) is 0 Å². The third-order valence-electron chi connectivity index (χ3n) is 0.942. The van der Waals surface area contributed by atoms with Crippen molar-refractivity contribution in [3.05, 3.63) is 0 Å². The summed E-state index contributed by atoms with van der Waals surface area (Å²) in [6, 6.07) is 0. The lowest BCUT2D eigenvalue weighted by molar-refractivity contribution is 0.406. The summed E-state index contributed by atoms with van der Waals surface area (Å²) in [4.78, 5) is 0. The third kappa shape index (κ3) is 2.28. The summed E-state index contributed by atoms with van der Waals surface area (Å²) in [5.41, 5.74) is -1.78. The molecule has 0 radical (unpaired) electrons. The Kier molecular flexibility index (Phi) is 3.07. The monoisotopic (exact) mass is 155 g/mol. The number of hydrogen-bond acceptors (Lipinski definition) is 2. The van der Waals surface area contributed by atoms with Crippen LogP contribution >= 0.6 is 0 Å². The van der Waals surface area contributed by atoms with Crippen molar-refractivity contribution in [2.45, 2.75) is 18.8 Å². The zero-order valence-corrected chi connectivity index (χ0v) is 6.20. The molecule has 5 heteroatoms. The van der Waals surface area contributed by atoms with E-state index in [1.54, 1.807) is 0 Å². The molecule has 0 amide bonds. The molecule has 1 atom stereocenters. The van der Waals surface area contributed by atoms with E-state index >= 15 is 0 Å². The minimum Gasteiger partial charge on any atom is -0.229 e. The molecule has 0 aliphatic heterocycles. The SMILES string of the molecule is CCC(F)S(=O)(=O)NC. The van der Waals surface area contributed by atoms with Gasteiger partial charge in [0.1, 0.15) is 0 Å². The van der Waals surface area contributed by atoms with Crippen LogP contribution in [0.15, 0.2) is 0 Å². The van der Waals surface area contributed by atoms with Crippen LogP contribution < -0.4 is 4.72 Å². The van der Waals surface area contributed by atoms with Gasteiger partial charge in [-0.2, -0.15) is 0 Å². The highest BCUT2D eigenvalue weighted by molar-refractivity contribution is 7.89. The van der Waals surface area contributed by atoms with Crippen molar-refractivity contribution in [2.24, 2.45) is 0 Å². The van der Waals surface area contributed by atoms with E-state index in [1.165, 1.54) is 14.0 Å². The molecule has 0 aliphatic rings. The van der Waals surface area contributed by atoms with Gasteiger partial charge in [0.05, 0.1) is 0 Å². The van der Waals surface area contributed by atoms with Crippen molar-refractivity contribution in [1.82, 2.24) is 4.72 Å². The molecular formula is C4H10FNO2S. The van der Waals surface area contributed by atoms with Gasteiger partial charge in [0.2, 0.25) is 15.5 Å². The fourth-order valence-corrected chi connectivity index (χ4v) is 1.04. The van der Waals surface area contributed by atoms with Gasteiger partial charge in [-0.15, -0.1) is 0 Å². The fourth-order valence-electron chi connectivity index (χ4n) is 0.347. The predicted molar refractivity (Wildman–Crippen MR) is 33.2 cm³/mol. The van der Waals surface area contributed by atoms with Crippen LogP contribution in [0, 0.1) is 0 Å². The highest BCUT2D eigenvalue weighted by atomic mass is 32.2. The Morgan fingerprint density at radius 3 is 2.22 bits per heavy atom. The Balaban J connectivity index is 4.17. The van der Waals surface area contributed by atoms with E-state index in [-0.39, 0.29) is 6.42 Å². The summed E-state index contributed by atoms with van der Waals surface area (Å²) in [6.07, 6.45) is -0.0107. The predicted octanol–water partition coefficient (Wildman–Crippen LogP) is 0.241. The summed E-state index contributed by atoms with van der Waals surface area (Å²) >= 11 is 0. The zero-order valence-electron chi connectivity index (χ0n) is 5.39. The molecule has 9 heavy (non-hydrogen) atoms. The van der Waals surface area contributed by atoms with Gasteiger partial charge in [0.25, 0.3) is 0 Å². The summed E-state index contributed by atoms with van der Waals surface area (Å²) in [6.45, 7) is 1.47. The lowest BCUT2D eigenvalue weighted by atomic mass is 10.6. The van der Waals surface area contributed by atoms with E-state index in [0.29, 0.717) is 0 Å². The number of rotatable bonds is 3. The fraction of sp³-hybridized carbons (Fsp3) is 1.00. The summed E-state index contributed by atoms with van der Waals surface area (Å²) < 4.78 is 35.0. The van der Waals surface area contributed by atoms with E-state index < -0.39 is 15.5 Å². The minimum atomic E-state index is -3.66. The molecule has 1 N–H and O–H groups in total. The van der Waals surface area contributed by atoms with E-state index in [4.69, 9.17) is 0 Å². The molecule has 0 rings (SSSR count). The maximum Gasteiger partial charge on any atom is 0.243 e. The van der Waals surface area contributed by atoms with Gasteiger partial charge in [-0.25, -0.2) is 17.5 Å². The van der Waals surface area contributed by atoms with Crippen LogP contribution in [0.3, 0.4) is 0 Å². The van der Waals surface area contributed by atoms with Crippen molar-refractivity contribution in [3.63, 3.8) is 0 Å². The Labute approximate surface area is 54.3 Å². The first-order valence-corrected chi connectivity index (χ1v) is 4.15. The van der Waals surface area contributed by atoms with Crippen LogP contribution in [-0.4, -0.2) is 21.0 Å². The maximum atomic E-state index is 12.3. The van der Waals surface area contributed by atoms with Crippen molar-refractivity contribution in [2.75, 3.05) is 7.05 Å². The average Bonchev–Trinajstić information content (AvgIpc) is 1.86. The standard InChI is InChI=1S/C4H10FNO2S/c1-3-4(5)9(7,8)6-2/h4,6H,3H2,1-2H3. The molecule has 56 valence electrons. The van der Waals surface area contributed by atoms with Crippen molar-refractivity contribution < 1.29 is 12.8 Å². The van der Waals surface area contributed by atoms with Gasteiger partial charge in [-0.05, 0) is 13.5 Å². The Morgan fingerprint density at radius 1 is 1.67 bits per heavy atom. The number of hydrogen-bond donors (Lipinski definition) is 1. The van der Waals surface area contributed by atoms with E-state index in [0.717, 1.165) is 0 Å². The highest BCUT2D eigenvalue weighted by Gasteiger charge is 2.19. The van der Waals surface area contributed by atoms with Gasteiger partial charge < -0.3 is 0 Å². The van der Waals surface area contributed by atoms with E-state index in [1.807, 2.05) is 4.72 Å². The number of nitrogens with one attached hydrogen (secondary N) is 1. The molecule has 0 saturated carbocycles. The second kappa shape index (κ2) is 3.12. The molecule has 1 unspecified atom stereocenters. The quantitative estimate of drug-likeness (QED) is 0.634. The maximum absolute atomic E-state index is 12.3. The molecule has 3 nitrogen and oxygen atoms in total. The summed E-state index contributed by atoms with van der Waals surface area (Å²) in [7, 11) is -2.47. The molecule has 0 aromatic rings. The summed E-state index contributed by atoms with van der Waals surface area (Å²) in [5, 5.41) is 0. The van der Waals surface area contributed by atoms with Crippen molar-refractivity contribution >= 4 is 10.0 Å². The first kappa shape index (κ1) is 8.84. The van der Waals surface area contributed by atoms with Gasteiger partial charge in [-0.3, -0.25) is 0 Å². The Morgan fingerprint density at radius 2 is 2.11 bits per heavy atom.